The van der Waals surface area contributed by atoms with Crippen LogP contribution in [-0.4, -0.2) is 15.2 Å². The molecule has 36 valence electrons. The van der Waals surface area contributed by atoms with Crippen molar-refractivity contribution in [2.75, 3.05) is 0 Å². The van der Waals surface area contributed by atoms with Crippen LogP contribution in [0.4, 0.5) is 4.39 Å². The van der Waals surface area contributed by atoms with Gasteiger partial charge in [-0.05, 0) is 0 Å². The minimum atomic E-state index is -2.62. The Hall–Kier alpha value is -0.290. The van der Waals surface area contributed by atoms with E-state index in [1.807, 2.05) is 0 Å². The van der Waals surface area contributed by atoms with Crippen LogP contribution < -0.4 is 0 Å². The fourth-order valence-corrected chi connectivity index (χ4v) is 0.0976. The van der Waals surface area contributed by atoms with Crippen LogP contribution in [0.3, 0.4) is 0 Å². The average Bonchev–Trinajstić information content (AvgIpc) is 1.35. The first-order valence-corrected chi connectivity index (χ1v) is 2.02. The maximum absolute atomic E-state index is 10.6. The van der Waals surface area contributed by atoms with Gasteiger partial charge in [0.1, 0.15) is 0 Å². The van der Waals surface area contributed by atoms with Gasteiger partial charge in [-0.2, -0.15) is 8.79 Å². The summed E-state index contributed by atoms with van der Waals surface area (Å²) in [6, 6.07) is 0. The van der Waals surface area contributed by atoms with Gasteiger partial charge in [-0.25, -0.2) is 0 Å². The maximum Gasteiger partial charge on any atom is 0.184 e. The highest BCUT2D eigenvalue weighted by atomic mass is 32.2. The van der Waals surface area contributed by atoms with Gasteiger partial charge in [0.05, 0.1) is 11.3 Å². The van der Waals surface area contributed by atoms with Gasteiger partial charge in [0.25, 0.3) is 0 Å². The van der Waals surface area contributed by atoms with Crippen molar-refractivity contribution in [2.24, 2.45) is 4.40 Å². The molecule has 0 radical (unpaired) electrons. The summed E-state index contributed by atoms with van der Waals surface area (Å²) < 4.78 is 31.1. The van der Waals surface area contributed by atoms with Crippen LogP contribution >= 0.6 is 0 Å². The zero-order valence-corrected chi connectivity index (χ0v) is 3.44. The molecule has 0 saturated heterocycles. The van der Waals surface area contributed by atoms with E-state index in [1.165, 1.54) is 0 Å². The van der Waals surface area contributed by atoms with Crippen molar-refractivity contribution in [2.45, 2.75) is 0 Å². The van der Waals surface area contributed by atoms with Crippen molar-refractivity contribution in [3.63, 3.8) is 0 Å². The van der Waals surface area contributed by atoms with E-state index in [4.69, 9.17) is 8.76 Å². The molecule has 5 heteroatoms. The predicted octanol–water partition coefficient (Wildman–Crippen LogP) is -0.222. The fraction of sp³-hybridized carbons (Fsp3) is 0. The number of hydrogen-bond donors (Lipinski definition) is 0. The second kappa shape index (κ2) is 2.92. The average molecular weight is 110 g/mol. The van der Waals surface area contributed by atoms with E-state index in [1.54, 1.807) is 0 Å². The van der Waals surface area contributed by atoms with E-state index < -0.39 is 11.3 Å². The van der Waals surface area contributed by atoms with Crippen molar-refractivity contribution < 1.29 is 13.2 Å². The predicted molar refractivity (Wildman–Crippen MR) is 18.5 cm³/mol. The van der Waals surface area contributed by atoms with Gasteiger partial charge in [-0.3, -0.25) is 4.21 Å². The molecule has 0 amide bonds. The summed E-state index contributed by atoms with van der Waals surface area (Å²) >= 11 is -2.62. The van der Waals surface area contributed by atoms with Gasteiger partial charge in [-0.1, -0.05) is 0 Å². The van der Waals surface area contributed by atoms with Crippen molar-refractivity contribution >= 4 is 17.7 Å². The molecule has 0 aromatic carbocycles. The van der Waals surface area contributed by atoms with Crippen LogP contribution in [-0.2, 0) is 11.3 Å². The Labute approximate surface area is 36.3 Å². The highest BCUT2D eigenvalue weighted by Gasteiger charge is 1.60. The Bertz CT molecular complexity index is 81.6. The maximum atomic E-state index is 10.6. The van der Waals surface area contributed by atoms with E-state index in [2.05, 4.69) is 4.40 Å². The third-order valence-corrected chi connectivity index (χ3v) is 0.378. The molecule has 0 aromatic rings. The van der Waals surface area contributed by atoms with Crippen molar-refractivity contribution in [1.29, 1.82) is 0 Å². The third kappa shape index (κ3) is 3.71. The highest BCUT2D eigenvalue weighted by molar-refractivity contribution is 7.77. The normalized spacial score (nSPS) is 15.7. The molecule has 0 saturated carbocycles. The van der Waals surface area contributed by atoms with Gasteiger partial charge in [0, 0.05) is 0 Å². The van der Waals surface area contributed by atoms with E-state index in [9.17, 15) is 4.39 Å². The molecule has 0 heterocycles. The van der Waals surface area contributed by atoms with Crippen molar-refractivity contribution in [3.05, 3.63) is 0 Å². The number of halogens is 1. The molecule has 0 aliphatic rings. The molecular weight excluding hydrogens is 109 g/mol. The summed E-state index contributed by atoms with van der Waals surface area (Å²) in [6.07, 6.45) is 0. The molecule has 0 rings (SSSR count). The molecule has 1 atom stereocenters. The Balaban J connectivity index is 3.30. The molecule has 0 spiro atoms. The zero-order chi connectivity index (χ0) is 4.99. The second-order valence-electron chi connectivity index (χ2n) is 0.420. The van der Waals surface area contributed by atoms with Gasteiger partial charge < -0.3 is 4.55 Å². The third-order valence-electron chi connectivity index (χ3n) is 0.126. The first-order chi connectivity index (χ1) is 2.77. The van der Waals surface area contributed by atoms with Crippen LogP contribution in [0, 0.1) is 0 Å². The van der Waals surface area contributed by atoms with Crippen LogP contribution in [0.2, 0.25) is 0 Å². The van der Waals surface area contributed by atoms with Gasteiger partial charge in [0.15, 0.2) is 6.47 Å². The van der Waals surface area contributed by atoms with Crippen molar-refractivity contribution in [1.82, 2.24) is 0 Å². The Morgan fingerprint density at radius 1 is 2.00 bits per heavy atom. The molecule has 0 aliphatic carbocycles. The summed E-state index contributed by atoms with van der Waals surface area (Å²) in [4.78, 5) is 0. The Kier molecular flexibility index (Phi) is 2.78. The summed E-state index contributed by atoms with van der Waals surface area (Å²) in [5.74, 6) is 0. The zero-order valence-electron chi connectivity index (χ0n) is 2.63. The molecule has 0 N–H and O–H groups in total. The van der Waals surface area contributed by atoms with Crippen LogP contribution in [0.5, 0.6) is 0 Å². The molecule has 1 unspecified atom stereocenters. The number of hydrogen-bond acceptors (Lipinski definition) is 2. The number of rotatable bonds is 1. The molecule has 0 aliphatic heterocycles. The first kappa shape index (κ1) is 5.71. The minimum Gasteiger partial charge on any atom is -0.754 e. The molecule has 0 bridgehead atoms. The summed E-state index contributed by atoms with van der Waals surface area (Å²) in [6.45, 7) is -0.289. The summed E-state index contributed by atoms with van der Waals surface area (Å²) in [5.41, 5.74) is 0. The standard InChI is InChI=1S/CH2FNO2S/c2-1-3-6(4)5/h1H,(H,4,5)/p-1. The van der Waals surface area contributed by atoms with E-state index in [-0.39, 0.29) is 6.47 Å². The van der Waals surface area contributed by atoms with Gasteiger partial charge in [0.2, 0.25) is 0 Å². The molecule has 3 nitrogen and oxygen atoms in total. The molecule has 6 heavy (non-hydrogen) atoms. The van der Waals surface area contributed by atoms with E-state index in [0.29, 0.717) is 0 Å². The molecule has 0 fully saturated rings. The molecular formula is CHFNO2S-. The SMILES string of the molecule is O=S([O-])N=CF. The van der Waals surface area contributed by atoms with Crippen LogP contribution in [0.15, 0.2) is 4.40 Å². The topological polar surface area (TPSA) is 52.5 Å². The minimum absolute atomic E-state index is 0.289. The second-order valence-corrected chi connectivity index (χ2v) is 1.07. The Morgan fingerprint density at radius 3 is 2.50 bits per heavy atom. The monoisotopic (exact) mass is 110 g/mol. The van der Waals surface area contributed by atoms with Crippen molar-refractivity contribution in [3.8, 4) is 0 Å². The lowest BCUT2D eigenvalue weighted by Gasteiger charge is -1.87. The quantitative estimate of drug-likeness (QED) is 0.346. The summed E-state index contributed by atoms with van der Waals surface area (Å²) in [7, 11) is 0. The molecule has 0 aromatic heterocycles. The Morgan fingerprint density at radius 2 is 2.50 bits per heavy atom. The van der Waals surface area contributed by atoms with Crippen LogP contribution in [0.25, 0.3) is 0 Å². The van der Waals surface area contributed by atoms with E-state index in [0.717, 1.165) is 0 Å². The van der Waals surface area contributed by atoms with Crippen LogP contribution in [0.1, 0.15) is 0 Å². The highest BCUT2D eigenvalue weighted by Crippen LogP contribution is 1.68. The lowest BCUT2D eigenvalue weighted by molar-refractivity contribution is 0.538. The van der Waals surface area contributed by atoms with E-state index >= 15 is 0 Å². The number of nitrogens with zero attached hydrogens (tertiary/aromatic N) is 1. The largest absolute Gasteiger partial charge is 0.754 e. The lowest BCUT2D eigenvalue weighted by atomic mass is 11.7. The lowest BCUT2D eigenvalue weighted by Crippen LogP contribution is -1.75. The van der Waals surface area contributed by atoms with Gasteiger partial charge >= 0.3 is 0 Å². The fourth-order valence-electron chi connectivity index (χ4n) is 0.0325. The summed E-state index contributed by atoms with van der Waals surface area (Å²) in [5, 5.41) is 0. The smallest absolute Gasteiger partial charge is 0.184 e. The van der Waals surface area contributed by atoms with Gasteiger partial charge in [-0.15, -0.1) is 0 Å². The first-order valence-electron chi connectivity index (χ1n) is 0.992.